The van der Waals surface area contributed by atoms with Crippen molar-refractivity contribution >= 4 is 5.91 Å². The first-order valence-electron chi connectivity index (χ1n) is 5.86. The standard InChI is InChI=1S/C13H18N2O/c14-13(16)12-7-2-1-6-11(12)9-15-8-10-4-3-5-10/h1-2,6-7,10,15H,3-5,8-9H2,(H2,14,16). The molecular formula is C13H18N2O. The fraction of sp³-hybridized carbons (Fsp3) is 0.462. The normalized spacial score (nSPS) is 15.8. The number of benzene rings is 1. The summed E-state index contributed by atoms with van der Waals surface area (Å²) in [7, 11) is 0. The molecule has 1 amide bonds. The van der Waals surface area contributed by atoms with Crippen molar-refractivity contribution in [3.8, 4) is 0 Å². The molecule has 0 aliphatic heterocycles. The topological polar surface area (TPSA) is 55.1 Å². The summed E-state index contributed by atoms with van der Waals surface area (Å²) in [5.74, 6) is 0.488. The molecule has 0 spiro atoms. The Kier molecular flexibility index (Phi) is 3.57. The minimum atomic E-state index is -0.346. The third-order valence-electron chi connectivity index (χ3n) is 3.26. The van der Waals surface area contributed by atoms with Crippen LogP contribution < -0.4 is 11.1 Å². The van der Waals surface area contributed by atoms with Crippen LogP contribution in [-0.4, -0.2) is 12.5 Å². The van der Waals surface area contributed by atoms with Gasteiger partial charge >= 0.3 is 0 Å². The van der Waals surface area contributed by atoms with E-state index in [1.807, 2.05) is 18.2 Å². The van der Waals surface area contributed by atoms with Crippen LogP contribution in [0, 0.1) is 5.92 Å². The molecule has 1 aromatic carbocycles. The smallest absolute Gasteiger partial charge is 0.249 e. The lowest BCUT2D eigenvalue weighted by molar-refractivity contribution is 0.0999. The molecule has 0 unspecified atom stereocenters. The molecule has 16 heavy (non-hydrogen) atoms. The third kappa shape index (κ3) is 2.61. The van der Waals surface area contributed by atoms with E-state index in [0.29, 0.717) is 5.56 Å². The molecule has 0 bridgehead atoms. The summed E-state index contributed by atoms with van der Waals surface area (Å²) in [6, 6.07) is 7.51. The van der Waals surface area contributed by atoms with E-state index in [-0.39, 0.29) is 5.91 Å². The molecule has 1 aliphatic carbocycles. The lowest BCUT2D eigenvalue weighted by atomic mass is 9.85. The summed E-state index contributed by atoms with van der Waals surface area (Å²) >= 11 is 0. The summed E-state index contributed by atoms with van der Waals surface area (Å²) in [5.41, 5.74) is 6.94. The van der Waals surface area contributed by atoms with Gasteiger partial charge in [0.2, 0.25) is 5.91 Å². The molecule has 0 radical (unpaired) electrons. The van der Waals surface area contributed by atoms with E-state index in [4.69, 9.17) is 5.73 Å². The van der Waals surface area contributed by atoms with Gasteiger partial charge in [-0.1, -0.05) is 24.6 Å². The van der Waals surface area contributed by atoms with Crippen molar-refractivity contribution in [1.29, 1.82) is 0 Å². The maximum Gasteiger partial charge on any atom is 0.249 e. The van der Waals surface area contributed by atoms with E-state index >= 15 is 0 Å². The first-order chi connectivity index (χ1) is 7.77. The average Bonchev–Trinajstić information content (AvgIpc) is 2.22. The number of primary amides is 1. The Balaban J connectivity index is 1.89. The van der Waals surface area contributed by atoms with Crippen molar-refractivity contribution in [3.63, 3.8) is 0 Å². The van der Waals surface area contributed by atoms with E-state index in [0.717, 1.165) is 24.6 Å². The van der Waals surface area contributed by atoms with E-state index < -0.39 is 0 Å². The minimum Gasteiger partial charge on any atom is -0.366 e. The highest BCUT2D eigenvalue weighted by atomic mass is 16.1. The minimum absolute atomic E-state index is 0.346. The van der Waals surface area contributed by atoms with Crippen molar-refractivity contribution in [3.05, 3.63) is 35.4 Å². The van der Waals surface area contributed by atoms with E-state index in [1.165, 1.54) is 19.3 Å². The molecule has 0 aromatic heterocycles. The maximum absolute atomic E-state index is 11.2. The molecular weight excluding hydrogens is 200 g/mol. The Hall–Kier alpha value is -1.35. The van der Waals surface area contributed by atoms with Gasteiger partial charge in [0.1, 0.15) is 0 Å². The van der Waals surface area contributed by atoms with Gasteiger partial charge in [-0.15, -0.1) is 0 Å². The van der Waals surface area contributed by atoms with Crippen molar-refractivity contribution in [2.75, 3.05) is 6.54 Å². The molecule has 86 valence electrons. The van der Waals surface area contributed by atoms with Gasteiger partial charge in [-0.2, -0.15) is 0 Å². The van der Waals surface area contributed by atoms with Crippen molar-refractivity contribution < 1.29 is 4.79 Å². The van der Waals surface area contributed by atoms with Crippen LogP contribution in [0.5, 0.6) is 0 Å². The SMILES string of the molecule is NC(=O)c1ccccc1CNCC1CCC1. The predicted octanol–water partition coefficient (Wildman–Crippen LogP) is 1.68. The van der Waals surface area contributed by atoms with Gasteiger partial charge < -0.3 is 11.1 Å². The molecule has 0 saturated heterocycles. The molecule has 0 heterocycles. The van der Waals surface area contributed by atoms with Gasteiger partial charge in [-0.25, -0.2) is 0 Å². The summed E-state index contributed by atoms with van der Waals surface area (Å²) in [6.07, 6.45) is 4.04. The third-order valence-corrected chi connectivity index (χ3v) is 3.26. The Bertz CT molecular complexity index is 372. The van der Waals surface area contributed by atoms with Gasteiger partial charge in [0.25, 0.3) is 0 Å². The first-order valence-corrected chi connectivity index (χ1v) is 5.86. The highest BCUT2D eigenvalue weighted by Gasteiger charge is 2.16. The molecule has 3 heteroatoms. The van der Waals surface area contributed by atoms with Gasteiger partial charge in [-0.3, -0.25) is 4.79 Å². The fourth-order valence-corrected chi connectivity index (χ4v) is 2.02. The summed E-state index contributed by atoms with van der Waals surface area (Å²) in [5, 5.41) is 3.39. The zero-order valence-corrected chi connectivity index (χ0v) is 9.41. The zero-order chi connectivity index (χ0) is 11.4. The Morgan fingerprint density at radius 1 is 1.38 bits per heavy atom. The van der Waals surface area contributed by atoms with Crippen LogP contribution in [0.3, 0.4) is 0 Å². The quantitative estimate of drug-likeness (QED) is 0.790. The lowest BCUT2D eigenvalue weighted by Crippen LogP contribution is -2.27. The number of hydrogen-bond acceptors (Lipinski definition) is 2. The Labute approximate surface area is 96.0 Å². The van der Waals surface area contributed by atoms with Crippen LogP contribution in [0.2, 0.25) is 0 Å². The van der Waals surface area contributed by atoms with E-state index in [1.54, 1.807) is 6.07 Å². The highest BCUT2D eigenvalue weighted by Crippen LogP contribution is 2.25. The number of nitrogens with one attached hydrogen (secondary N) is 1. The lowest BCUT2D eigenvalue weighted by Gasteiger charge is -2.25. The number of carbonyl (C=O) groups is 1. The number of carbonyl (C=O) groups excluding carboxylic acids is 1. The molecule has 1 aromatic rings. The Morgan fingerprint density at radius 2 is 2.12 bits per heavy atom. The second-order valence-electron chi connectivity index (χ2n) is 4.45. The van der Waals surface area contributed by atoms with Crippen LogP contribution >= 0.6 is 0 Å². The predicted molar refractivity (Wildman–Crippen MR) is 64.0 cm³/mol. The molecule has 3 N–H and O–H groups in total. The van der Waals surface area contributed by atoms with Crippen LogP contribution in [0.25, 0.3) is 0 Å². The summed E-state index contributed by atoms with van der Waals surface area (Å²) in [6.45, 7) is 1.78. The zero-order valence-electron chi connectivity index (χ0n) is 9.41. The second kappa shape index (κ2) is 5.12. The van der Waals surface area contributed by atoms with Crippen LogP contribution in [0.1, 0.15) is 35.2 Å². The molecule has 3 nitrogen and oxygen atoms in total. The van der Waals surface area contributed by atoms with Gasteiger partial charge in [0, 0.05) is 12.1 Å². The molecule has 1 aliphatic rings. The van der Waals surface area contributed by atoms with Crippen molar-refractivity contribution in [1.82, 2.24) is 5.32 Å². The summed E-state index contributed by atoms with van der Waals surface area (Å²) in [4.78, 5) is 11.2. The second-order valence-corrected chi connectivity index (χ2v) is 4.45. The monoisotopic (exact) mass is 218 g/mol. The van der Waals surface area contributed by atoms with Gasteiger partial charge in [0.05, 0.1) is 0 Å². The highest BCUT2D eigenvalue weighted by molar-refractivity contribution is 5.94. The van der Waals surface area contributed by atoms with Crippen LogP contribution in [-0.2, 0) is 6.54 Å². The van der Waals surface area contributed by atoms with Crippen LogP contribution in [0.15, 0.2) is 24.3 Å². The number of rotatable bonds is 5. The molecule has 1 fully saturated rings. The van der Waals surface area contributed by atoms with Gasteiger partial charge in [0.15, 0.2) is 0 Å². The van der Waals surface area contributed by atoms with E-state index in [2.05, 4.69) is 5.32 Å². The van der Waals surface area contributed by atoms with Crippen LogP contribution in [0.4, 0.5) is 0 Å². The van der Waals surface area contributed by atoms with Crippen molar-refractivity contribution in [2.24, 2.45) is 11.7 Å². The van der Waals surface area contributed by atoms with E-state index in [9.17, 15) is 4.79 Å². The molecule has 2 rings (SSSR count). The van der Waals surface area contributed by atoms with Gasteiger partial charge in [-0.05, 0) is 36.9 Å². The first kappa shape index (κ1) is 11.1. The maximum atomic E-state index is 11.2. The number of nitrogens with two attached hydrogens (primary N) is 1. The largest absolute Gasteiger partial charge is 0.366 e. The van der Waals surface area contributed by atoms with Crippen molar-refractivity contribution in [2.45, 2.75) is 25.8 Å². The average molecular weight is 218 g/mol. The summed E-state index contributed by atoms with van der Waals surface area (Å²) < 4.78 is 0. The fourth-order valence-electron chi connectivity index (χ4n) is 2.02. The molecule has 0 atom stereocenters. The molecule has 1 saturated carbocycles. The number of hydrogen-bond donors (Lipinski definition) is 2. The number of amides is 1. The Morgan fingerprint density at radius 3 is 2.75 bits per heavy atom.